The summed E-state index contributed by atoms with van der Waals surface area (Å²) in [6.07, 6.45) is 3.13. The smallest absolute Gasteiger partial charge is 0.227 e. The van der Waals surface area contributed by atoms with Crippen LogP contribution >= 0.6 is 12.4 Å². The van der Waals surface area contributed by atoms with Crippen LogP contribution in [-0.4, -0.2) is 19.1 Å². The molecular formula is C16H25ClN2O2. The van der Waals surface area contributed by atoms with Gasteiger partial charge in [-0.2, -0.15) is 0 Å². The molecule has 0 spiro atoms. The van der Waals surface area contributed by atoms with E-state index in [0.717, 1.165) is 30.5 Å². The van der Waals surface area contributed by atoms with E-state index in [-0.39, 0.29) is 24.2 Å². The summed E-state index contributed by atoms with van der Waals surface area (Å²) in [5.41, 5.74) is 7.69. The first-order valence-corrected chi connectivity index (χ1v) is 7.42. The van der Waals surface area contributed by atoms with Crippen molar-refractivity contribution in [3.8, 4) is 0 Å². The Labute approximate surface area is 132 Å². The maximum Gasteiger partial charge on any atom is 0.227 e. The van der Waals surface area contributed by atoms with Crippen molar-refractivity contribution in [1.29, 1.82) is 0 Å². The van der Waals surface area contributed by atoms with E-state index in [4.69, 9.17) is 10.5 Å². The number of carbonyl (C=O) groups is 1. The van der Waals surface area contributed by atoms with Crippen LogP contribution in [0.25, 0.3) is 0 Å². The van der Waals surface area contributed by atoms with E-state index in [1.807, 2.05) is 31.2 Å². The number of ether oxygens (including phenoxy) is 1. The molecule has 0 bridgehead atoms. The molecule has 0 radical (unpaired) electrons. The van der Waals surface area contributed by atoms with Crippen LogP contribution in [0.4, 0.5) is 5.69 Å². The van der Waals surface area contributed by atoms with E-state index in [1.54, 1.807) is 0 Å². The molecule has 2 rings (SSSR count). The predicted octanol–water partition coefficient (Wildman–Crippen LogP) is 2.96. The lowest BCUT2D eigenvalue weighted by Crippen LogP contribution is -2.29. The topological polar surface area (TPSA) is 64.3 Å². The number of rotatable bonds is 6. The Kier molecular flexibility index (Phi) is 7.72. The monoisotopic (exact) mass is 312 g/mol. The lowest BCUT2D eigenvalue weighted by atomic mass is 9.95. The van der Waals surface area contributed by atoms with Crippen LogP contribution < -0.4 is 11.1 Å². The van der Waals surface area contributed by atoms with Gasteiger partial charge in [0.15, 0.2) is 0 Å². The van der Waals surface area contributed by atoms with E-state index >= 15 is 0 Å². The summed E-state index contributed by atoms with van der Waals surface area (Å²) in [5.74, 6) is 0.519. The molecule has 1 aromatic carbocycles. The molecule has 1 fully saturated rings. The van der Waals surface area contributed by atoms with Gasteiger partial charge >= 0.3 is 0 Å². The predicted molar refractivity (Wildman–Crippen MR) is 87.5 cm³/mol. The number of benzene rings is 1. The Hall–Kier alpha value is -1.10. The molecule has 1 aromatic rings. The second kappa shape index (κ2) is 9.03. The Balaban J connectivity index is 0.00000220. The normalized spacial score (nSPS) is 20.9. The van der Waals surface area contributed by atoms with E-state index < -0.39 is 0 Å². The third-order valence-electron chi connectivity index (χ3n) is 3.99. The van der Waals surface area contributed by atoms with Crippen molar-refractivity contribution >= 4 is 24.0 Å². The van der Waals surface area contributed by atoms with Gasteiger partial charge in [-0.1, -0.05) is 18.6 Å². The van der Waals surface area contributed by atoms with Gasteiger partial charge in [-0.25, -0.2) is 0 Å². The van der Waals surface area contributed by atoms with E-state index in [0.29, 0.717) is 25.7 Å². The minimum atomic E-state index is 0. The molecule has 0 unspecified atom stereocenters. The van der Waals surface area contributed by atoms with Gasteiger partial charge in [0.1, 0.15) is 0 Å². The fourth-order valence-corrected chi connectivity index (χ4v) is 2.80. The molecule has 1 amide bonds. The summed E-state index contributed by atoms with van der Waals surface area (Å²) in [6.45, 7) is 3.90. The molecule has 0 aliphatic heterocycles. The summed E-state index contributed by atoms with van der Waals surface area (Å²) in [7, 11) is 0. The van der Waals surface area contributed by atoms with E-state index in [9.17, 15) is 4.79 Å². The average molecular weight is 313 g/mol. The molecular weight excluding hydrogens is 288 g/mol. The molecule has 4 nitrogen and oxygen atoms in total. The second-order valence-corrected chi connectivity index (χ2v) is 5.36. The zero-order valence-corrected chi connectivity index (χ0v) is 13.3. The number of hydrogen-bond acceptors (Lipinski definition) is 3. The minimum absolute atomic E-state index is 0. The zero-order chi connectivity index (χ0) is 14.4. The fraction of sp³-hybridized carbons (Fsp3) is 0.562. The van der Waals surface area contributed by atoms with E-state index in [1.165, 1.54) is 0 Å². The molecule has 0 heterocycles. The third kappa shape index (κ3) is 4.99. The van der Waals surface area contributed by atoms with Crippen molar-refractivity contribution < 1.29 is 9.53 Å². The van der Waals surface area contributed by atoms with Crippen LogP contribution in [0.2, 0.25) is 0 Å². The highest BCUT2D eigenvalue weighted by molar-refractivity contribution is 5.92. The number of halogens is 1. The number of amides is 1. The Bertz CT molecular complexity index is 436. The van der Waals surface area contributed by atoms with Crippen molar-refractivity contribution in [1.82, 2.24) is 0 Å². The largest absolute Gasteiger partial charge is 0.377 e. The molecule has 1 aliphatic rings. The third-order valence-corrected chi connectivity index (χ3v) is 3.99. The quantitative estimate of drug-likeness (QED) is 0.849. The van der Waals surface area contributed by atoms with Crippen molar-refractivity contribution in [2.45, 2.75) is 32.8 Å². The molecule has 0 aromatic heterocycles. The number of hydrogen-bond donors (Lipinski definition) is 2. The van der Waals surface area contributed by atoms with Gasteiger partial charge in [-0.05, 0) is 49.9 Å². The number of carbonyl (C=O) groups excluding carboxylic acids is 1. The second-order valence-electron chi connectivity index (χ2n) is 5.36. The van der Waals surface area contributed by atoms with Gasteiger partial charge in [0.2, 0.25) is 5.91 Å². The molecule has 0 saturated heterocycles. The van der Waals surface area contributed by atoms with Crippen molar-refractivity contribution in [2.24, 2.45) is 17.6 Å². The summed E-state index contributed by atoms with van der Waals surface area (Å²) in [6, 6.07) is 7.83. The van der Waals surface area contributed by atoms with Gasteiger partial charge < -0.3 is 15.8 Å². The standard InChI is InChI=1S/C16H24N2O2.ClH/c1-2-20-11-12-6-8-14(9-7-12)18-16(19)15-5-3-4-13(15)10-17;/h6-9,13,15H,2-5,10-11,17H2,1H3,(H,18,19);1H/t13-,15-;/m1./s1. The first kappa shape index (κ1) is 18.0. The van der Waals surface area contributed by atoms with Crippen LogP contribution in [-0.2, 0) is 16.1 Å². The Morgan fingerprint density at radius 2 is 2.05 bits per heavy atom. The highest BCUT2D eigenvalue weighted by atomic mass is 35.5. The SMILES string of the molecule is CCOCc1ccc(NC(=O)[C@@H]2CCC[C@@H]2CN)cc1.Cl. The van der Waals surface area contributed by atoms with Gasteiger partial charge in [0.05, 0.1) is 6.61 Å². The summed E-state index contributed by atoms with van der Waals surface area (Å²) in [4.78, 5) is 12.2. The number of nitrogens with one attached hydrogen (secondary N) is 1. The minimum Gasteiger partial charge on any atom is -0.377 e. The number of anilines is 1. The highest BCUT2D eigenvalue weighted by Crippen LogP contribution is 2.31. The van der Waals surface area contributed by atoms with Crippen LogP contribution in [0.1, 0.15) is 31.7 Å². The maximum atomic E-state index is 12.2. The first-order chi connectivity index (χ1) is 9.74. The Morgan fingerprint density at radius 1 is 1.33 bits per heavy atom. The van der Waals surface area contributed by atoms with Crippen molar-refractivity contribution in [2.75, 3.05) is 18.5 Å². The Morgan fingerprint density at radius 3 is 2.67 bits per heavy atom. The van der Waals surface area contributed by atoms with Gasteiger partial charge in [0.25, 0.3) is 0 Å². The lowest BCUT2D eigenvalue weighted by Gasteiger charge is -2.17. The molecule has 21 heavy (non-hydrogen) atoms. The van der Waals surface area contributed by atoms with Crippen LogP contribution in [0, 0.1) is 11.8 Å². The molecule has 2 atom stereocenters. The van der Waals surface area contributed by atoms with Crippen LogP contribution in [0.15, 0.2) is 24.3 Å². The van der Waals surface area contributed by atoms with Crippen molar-refractivity contribution in [3.63, 3.8) is 0 Å². The van der Waals surface area contributed by atoms with Gasteiger partial charge in [0, 0.05) is 18.2 Å². The summed E-state index contributed by atoms with van der Waals surface area (Å²) >= 11 is 0. The first-order valence-electron chi connectivity index (χ1n) is 7.42. The van der Waals surface area contributed by atoms with Crippen molar-refractivity contribution in [3.05, 3.63) is 29.8 Å². The van der Waals surface area contributed by atoms with Gasteiger partial charge in [-0.15, -0.1) is 12.4 Å². The lowest BCUT2D eigenvalue weighted by molar-refractivity contribution is -0.120. The molecule has 1 aliphatic carbocycles. The summed E-state index contributed by atoms with van der Waals surface area (Å²) < 4.78 is 5.35. The maximum absolute atomic E-state index is 12.2. The fourth-order valence-electron chi connectivity index (χ4n) is 2.80. The molecule has 5 heteroatoms. The highest BCUT2D eigenvalue weighted by Gasteiger charge is 2.31. The summed E-state index contributed by atoms with van der Waals surface area (Å²) in [5, 5.41) is 3.00. The van der Waals surface area contributed by atoms with Crippen LogP contribution in [0.5, 0.6) is 0 Å². The van der Waals surface area contributed by atoms with Gasteiger partial charge in [-0.3, -0.25) is 4.79 Å². The average Bonchev–Trinajstić information content (AvgIpc) is 2.95. The number of nitrogens with two attached hydrogens (primary N) is 1. The molecule has 3 N–H and O–H groups in total. The zero-order valence-electron chi connectivity index (χ0n) is 12.5. The van der Waals surface area contributed by atoms with E-state index in [2.05, 4.69) is 5.32 Å². The van der Waals surface area contributed by atoms with Crippen LogP contribution in [0.3, 0.4) is 0 Å². The molecule has 1 saturated carbocycles. The molecule has 118 valence electrons.